The second-order valence-corrected chi connectivity index (χ2v) is 4.98. The molecule has 0 aliphatic heterocycles. The molecule has 0 aliphatic rings. The summed E-state index contributed by atoms with van der Waals surface area (Å²) in [5.41, 5.74) is 8.98. The molecule has 0 saturated carbocycles. The molecule has 0 aliphatic carbocycles. The van der Waals surface area contributed by atoms with Gasteiger partial charge >= 0.3 is 0 Å². The van der Waals surface area contributed by atoms with Crippen LogP contribution in [-0.4, -0.2) is 19.7 Å². The van der Waals surface area contributed by atoms with Crippen LogP contribution in [0.15, 0.2) is 53.5 Å². The fourth-order valence-corrected chi connectivity index (χ4v) is 2.06. The Kier molecular flexibility index (Phi) is 6.44. The highest BCUT2D eigenvalue weighted by Crippen LogP contribution is 2.22. The molecule has 2 aromatic rings. The van der Waals surface area contributed by atoms with Gasteiger partial charge in [0.25, 0.3) is 0 Å². The minimum atomic E-state index is 0.355. The molecule has 0 unspecified atom stereocenters. The van der Waals surface area contributed by atoms with Crippen LogP contribution < -0.4 is 15.8 Å². The molecule has 23 heavy (non-hydrogen) atoms. The average molecular weight is 313 g/mol. The zero-order valence-corrected chi connectivity index (χ0v) is 13.6. The molecule has 0 spiro atoms. The summed E-state index contributed by atoms with van der Waals surface area (Å²) in [6, 6.07) is 15.7. The molecule has 0 radical (unpaired) electrons. The lowest BCUT2D eigenvalue weighted by Gasteiger charge is -2.10. The standard InChI is InChI=1S/C18H23N3O2/c1-3-23-13-15-10-8-14(9-11-15)12-20-18(19)21-16-6-4-5-7-17(16)22-2/h4-11H,3,12-13H2,1-2H3,(H3,19,20,21). The van der Waals surface area contributed by atoms with Crippen molar-refractivity contribution in [2.24, 2.45) is 10.7 Å². The van der Waals surface area contributed by atoms with Crippen LogP contribution in [-0.2, 0) is 17.9 Å². The van der Waals surface area contributed by atoms with Crippen LogP contribution in [0.25, 0.3) is 0 Å². The van der Waals surface area contributed by atoms with E-state index in [1.807, 2.05) is 55.5 Å². The van der Waals surface area contributed by atoms with Crippen molar-refractivity contribution in [2.75, 3.05) is 19.0 Å². The minimum Gasteiger partial charge on any atom is -0.495 e. The summed E-state index contributed by atoms with van der Waals surface area (Å²) in [5.74, 6) is 1.08. The molecule has 0 amide bonds. The summed E-state index contributed by atoms with van der Waals surface area (Å²) in [7, 11) is 1.62. The van der Waals surface area contributed by atoms with Crippen molar-refractivity contribution in [3.63, 3.8) is 0 Å². The lowest BCUT2D eigenvalue weighted by Crippen LogP contribution is -2.22. The Morgan fingerprint density at radius 3 is 2.48 bits per heavy atom. The van der Waals surface area contributed by atoms with Gasteiger partial charge in [-0.05, 0) is 30.2 Å². The number of ether oxygens (including phenoxy) is 2. The van der Waals surface area contributed by atoms with Crippen LogP contribution in [0, 0.1) is 0 Å². The van der Waals surface area contributed by atoms with Crippen LogP contribution >= 0.6 is 0 Å². The first-order valence-electron chi connectivity index (χ1n) is 7.58. The first-order chi connectivity index (χ1) is 11.2. The topological polar surface area (TPSA) is 68.9 Å². The Morgan fingerprint density at radius 2 is 1.78 bits per heavy atom. The first-order valence-corrected chi connectivity index (χ1v) is 7.58. The van der Waals surface area contributed by atoms with Gasteiger partial charge < -0.3 is 20.5 Å². The Bertz CT molecular complexity index is 639. The molecular weight excluding hydrogens is 290 g/mol. The summed E-state index contributed by atoms with van der Waals surface area (Å²) < 4.78 is 10.6. The molecule has 0 saturated heterocycles. The van der Waals surface area contributed by atoms with Gasteiger partial charge in [-0.15, -0.1) is 0 Å². The maximum Gasteiger partial charge on any atom is 0.193 e. The monoisotopic (exact) mass is 313 g/mol. The number of rotatable bonds is 7. The zero-order chi connectivity index (χ0) is 16.5. The van der Waals surface area contributed by atoms with Crippen molar-refractivity contribution in [1.82, 2.24) is 0 Å². The van der Waals surface area contributed by atoms with E-state index in [9.17, 15) is 0 Å². The molecule has 0 fully saturated rings. The third-order valence-electron chi connectivity index (χ3n) is 3.30. The van der Waals surface area contributed by atoms with E-state index in [4.69, 9.17) is 15.2 Å². The maximum absolute atomic E-state index is 5.94. The van der Waals surface area contributed by atoms with E-state index in [0.717, 1.165) is 29.2 Å². The highest BCUT2D eigenvalue weighted by molar-refractivity contribution is 5.93. The minimum absolute atomic E-state index is 0.355. The van der Waals surface area contributed by atoms with E-state index in [2.05, 4.69) is 10.3 Å². The fraction of sp³-hybridized carbons (Fsp3) is 0.278. The van der Waals surface area contributed by atoms with E-state index >= 15 is 0 Å². The third-order valence-corrected chi connectivity index (χ3v) is 3.30. The Hall–Kier alpha value is -2.53. The lowest BCUT2D eigenvalue weighted by atomic mass is 10.1. The van der Waals surface area contributed by atoms with Gasteiger partial charge in [0, 0.05) is 6.61 Å². The van der Waals surface area contributed by atoms with Gasteiger partial charge in [0.05, 0.1) is 25.9 Å². The third kappa shape index (κ3) is 5.30. The highest BCUT2D eigenvalue weighted by Gasteiger charge is 2.02. The normalized spacial score (nSPS) is 11.3. The summed E-state index contributed by atoms with van der Waals surface area (Å²) >= 11 is 0. The Balaban J connectivity index is 1.94. The molecule has 122 valence electrons. The summed E-state index contributed by atoms with van der Waals surface area (Å²) in [6.45, 7) is 3.86. The predicted octanol–water partition coefficient (Wildman–Crippen LogP) is 3.16. The molecule has 5 nitrogen and oxygen atoms in total. The number of nitrogens with one attached hydrogen (secondary N) is 1. The van der Waals surface area contributed by atoms with Crippen molar-refractivity contribution < 1.29 is 9.47 Å². The summed E-state index contributed by atoms with van der Waals surface area (Å²) in [4.78, 5) is 4.35. The van der Waals surface area contributed by atoms with Crippen LogP contribution in [0.3, 0.4) is 0 Å². The maximum atomic E-state index is 5.94. The lowest BCUT2D eigenvalue weighted by molar-refractivity contribution is 0.134. The molecule has 0 bridgehead atoms. The Labute approximate surface area is 137 Å². The van der Waals surface area contributed by atoms with E-state index < -0.39 is 0 Å². The zero-order valence-electron chi connectivity index (χ0n) is 13.6. The van der Waals surface area contributed by atoms with Gasteiger partial charge in [-0.1, -0.05) is 36.4 Å². The van der Waals surface area contributed by atoms with Gasteiger partial charge in [0.2, 0.25) is 0 Å². The van der Waals surface area contributed by atoms with Gasteiger partial charge in [0.15, 0.2) is 5.96 Å². The molecule has 2 aromatic carbocycles. The number of nitrogens with two attached hydrogens (primary N) is 1. The van der Waals surface area contributed by atoms with Crippen LogP contribution in [0.4, 0.5) is 5.69 Å². The SMILES string of the molecule is CCOCc1ccc(CN=C(N)Nc2ccccc2OC)cc1. The van der Waals surface area contributed by atoms with Crippen molar-refractivity contribution in [3.8, 4) is 5.75 Å². The van der Waals surface area contributed by atoms with E-state index in [1.54, 1.807) is 7.11 Å². The van der Waals surface area contributed by atoms with Crippen molar-refractivity contribution in [3.05, 3.63) is 59.7 Å². The van der Waals surface area contributed by atoms with E-state index in [0.29, 0.717) is 19.1 Å². The van der Waals surface area contributed by atoms with E-state index in [1.165, 1.54) is 0 Å². The molecule has 0 heterocycles. The second-order valence-electron chi connectivity index (χ2n) is 4.98. The van der Waals surface area contributed by atoms with Crippen LogP contribution in [0.5, 0.6) is 5.75 Å². The van der Waals surface area contributed by atoms with Gasteiger partial charge in [-0.25, -0.2) is 4.99 Å². The molecular formula is C18H23N3O2. The number of guanidine groups is 1. The average Bonchev–Trinajstić information content (AvgIpc) is 2.59. The van der Waals surface area contributed by atoms with Crippen molar-refractivity contribution >= 4 is 11.6 Å². The van der Waals surface area contributed by atoms with Gasteiger partial charge in [0.1, 0.15) is 5.75 Å². The number of hydrogen-bond acceptors (Lipinski definition) is 3. The summed E-state index contributed by atoms with van der Waals surface area (Å²) in [5, 5.41) is 3.05. The highest BCUT2D eigenvalue weighted by atomic mass is 16.5. The van der Waals surface area contributed by atoms with Gasteiger partial charge in [-0.3, -0.25) is 0 Å². The largest absolute Gasteiger partial charge is 0.495 e. The number of para-hydroxylation sites is 2. The number of benzene rings is 2. The molecule has 5 heteroatoms. The predicted molar refractivity (Wildman–Crippen MR) is 93.7 cm³/mol. The van der Waals surface area contributed by atoms with Crippen molar-refractivity contribution in [2.45, 2.75) is 20.1 Å². The van der Waals surface area contributed by atoms with Crippen molar-refractivity contribution in [1.29, 1.82) is 0 Å². The smallest absolute Gasteiger partial charge is 0.193 e. The quantitative estimate of drug-likeness (QED) is 0.608. The molecule has 2 rings (SSSR count). The first kappa shape index (κ1) is 16.8. The Morgan fingerprint density at radius 1 is 1.09 bits per heavy atom. The molecule has 0 aromatic heterocycles. The van der Waals surface area contributed by atoms with E-state index in [-0.39, 0.29) is 0 Å². The fourth-order valence-electron chi connectivity index (χ4n) is 2.06. The number of anilines is 1. The number of methoxy groups -OCH3 is 1. The number of nitrogens with zero attached hydrogens (tertiary/aromatic N) is 1. The number of aliphatic imine (C=N–C) groups is 1. The summed E-state index contributed by atoms with van der Waals surface area (Å²) in [6.07, 6.45) is 0. The van der Waals surface area contributed by atoms with Crippen LogP contribution in [0.2, 0.25) is 0 Å². The second kappa shape index (κ2) is 8.80. The van der Waals surface area contributed by atoms with Crippen LogP contribution in [0.1, 0.15) is 18.1 Å². The molecule has 0 atom stereocenters. The number of hydrogen-bond donors (Lipinski definition) is 2. The molecule has 3 N–H and O–H groups in total. The van der Waals surface area contributed by atoms with Gasteiger partial charge in [-0.2, -0.15) is 0 Å².